The fourth-order valence-corrected chi connectivity index (χ4v) is 8.28. The highest BCUT2D eigenvalue weighted by molar-refractivity contribution is 6.20. The molecule has 1 fully saturated rings. The summed E-state index contributed by atoms with van der Waals surface area (Å²) in [7, 11) is 1.42. The van der Waals surface area contributed by atoms with Crippen LogP contribution < -0.4 is 15.3 Å². The number of esters is 1. The Morgan fingerprint density at radius 3 is 2.28 bits per heavy atom. The van der Waals surface area contributed by atoms with Gasteiger partial charge in [0.2, 0.25) is 0 Å². The number of ketones is 1. The van der Waals surface area contributed by atoms with E-state index in [9.17, 15) is 45.1 Å². The van der Waals surface area contributed by atoms with Crippen molar-refractivity contribution in [1.82, 2.24) is 9.96 Å². The summed E-state index contributed by atoms with van der Waals surface area (Å²) in [6, 6.07) is 0. The van der Waals surface area contributed by atoms with Crippen LogP contribution in [-0.2, 0) is 23.8 Å². The quantitative estimate of drug-likeness (QED) is 0.139. The van der Waals surface area contributed by atoms with Crippen LogP contribution >= 0.6 is 0 Å². The number of benzene rings is 2. The lowest BCUT2D eigenvalue weighted by atomic mass is 9.78. The molecule has 2 aromatic rings. The van der Waals surface area contributed by atoms with Crippen LogP contribution in [0.2, 0.25) is 0 Å². The molecular formula is C44H59N3O13. The summed E-state index contributed by atoms with van der Waals surface area (Å²) in [5, 5.41) is 68.7. The average Bonchev–Trinajstić information content (AvgIpc) is 3.83. The van der Waals surface area contributed by atoms with E-state index in [2.05, 4.69) is 9.89 Å². The largest absolute Gasteiger partial charge is 0.507 e. The Morgan fingerprint density at radius 2 is 1.65 bits per heavy atom. The number of allylic oxidation sites excluding steroid dienone is 2. The lowest BCUT2D eigenvalue weighted by Gasteiger charge is -2.38. The summed E-state index contributed by atoms with van der Waals surface area (Å²) in [6.45, 7) is 14.6. The molecule has 6 N–H and O–H groups in total. The highest BCUT2D eigenvalue weighted by Gasteiger charge is 2.49. The molecule has 0 spiro atoms. The van der Waals surface area contributed by atoms with Gasteiger partial charge in [0.05, 0.1) is 47.3 Å². The number of aliphatic hydroxyl groups excluding tert-OH is 2. The Kier molecular flexibility index (Phi) is 14.4. The maximum absolute atomic E-state index is 14.4. The molecule has 4 aliphatic rings. The summed E-state index contributed by atoms with van der Waals surface area (Å²) in [4.78, 5) is 46.8. The zero-order valence-corrected chi connectivity index (χ0v) is 35.7. The highest BCUT2D eigenvalue weighted by atomic mass is 16.7. The number of rotatable bonds is 6. The van der Waals surface area contributed by atoms with E-state index in [0.29, 0.717) is 6.54 Å². The van der Waals surface area contributed by atoms with Crippen LogP contribution in [0.25, 0.3) is 17.0 Å². The maximum atomic E-state index is 14.4. The first-order valence-electron chi connectivity index (χ1n) is 20.3. The van der Waals surface area contributed by atoms with E-state index in [1.807, 2.05) is 0 Å². The third kappa shape index (κ3) is 9.17. The molecule has 1 saturated heterocycles. The number of Topliss-reactive ketones (excluding diaryl/α,β-unsaturated/α-hetero) is 1. The molecule has 0 aromatic heterocycles. The Balaban J connectivity index is 1.74. The molecule has 9 atom stereocenters. The van der Waals surface area contributed by atoms with Gasteiger partial charge in [-0.05, 0) is 45.9 Å². The van der Waals surface area contributed by atoms with Crippen LogP contribution in [0.3, 0.4) is 0 Å². The molecule has 0 saturated carbocycles. The normalized spacial score (nSPS) is 29.7. The molecule has 0 radical (unpaired) electrons. The average molecular weight is 838 g/mol. The number of carbonyl (C=O) groups is 3. The van der Waals surface area contributed by atoms with Crippen LogP contribution in [0.5, 0.6) is 23.0 Å². The predicted molar refractivity (Wildman–Crippen MR) is 220 cm³/mol. The number of hydrogen-bond acceptors (Lipinski definition) is 15. The van der Waals surface area contributed by atoms with Crippen molar-refractivity contribution in [3.8, 4) is 23.0 Å². The number of hydroxylamine groups is 2. The molecule has 0 aliphatic carbocycles. The van der Waals surface area contributed by atoms with Crippen molar-refractivity contribution in [3.05, 3.63) is 57.8 Å². The molecule has 9 unspecified atom stereocenters. The fourth-order valence-electron chi connectivity index (χ4n) is 8.28. The molecule has 4 aliphatic heterocycles. The summed E-state index contributed by atoms with van der Waals surface area (Å²) in [5.74, 6) is -9.05. The molecule has 328 valence electrons. The van der Waals surface area contributed by atoms with Gasteiger partial charge in [-0.25, -0.2) is 4.99 Å². The van der Waals surface area contributed by atoms with Crippen molar-refractivity contribution in [2.24, 2.45) is 28.7 Å². The lowest BCUT2D eigenvalue weighted by molar-refractivity contribution is -0.160. The number of carbonyl (C=O) groups excluding carboxylic acids is 3. The zero-order valence-electron chi connectivity index (χ0n) is 35.7. The van der Waals surface area contributed by atoms with Crippen molar-refractivity contribution in [1.29, 1.82) is 0 Å². The molecule has 6 rings (SSSR count). The Hall–Kier alpha value is -5.00. The molecule has 4 heterocycles. The third-order valence-electron chi connectivity index (χ3n) is 12.1. The highest BCUT2D eigenvalue weighted by Crippen LogP contribution is 2.50. The molecule has 1 amide bonds. The van der Waals surface area contributed by atoms with E-state index in [0.717, 1.165) is 37.2 Å². The van der Waals surface area contributed by atoms with Gasteiger partial charge in [0.25, 0.3) is 11.7 Å². The SMILES string of the molecule is COC1C=COC2(C)Oc3c(C)c(O)c4c(O)c(c(=CN(O)CCN5CCCC5)c(O)c4c3C2=O)=NC(=O)C(C)=CC=CC(C)C(O)C(C)C(O)C(C)C(OC(C)=O)C1C. The van der Waals surface area contributed by atoms with Gasteiger partial charge in [-0.1, -0.05) is 45.9 Å². The van der Waals surface area contributed by atoms with E-state index >= 15 is 0 Å². The standard InChI is InChI=1S/C44H59N3O13/c1-22-13-12-14-23(2)43(55)45-34-29(21-47(56)19-18-46-16-10-11-17-46)38(52)31-32(39(34)53)37(51)27(6)41-33(31)42(54)44(8,60-41)58-20-15-30(57-9)24(3)40(59-28(7)48)26(5)36(50)25(4)35(22)49/h12-15,20-22,24-26,30,35-36,40,49-53,56H,10-11,16-19H2,1-9H3. The first kappa shape index (κ1) is 46.1. The number of amides is 1. The summed E-state index contributed by atoms with van der Waals surface area (Å²) in [5.41, 5.74) is -0.153. The van der Waals surface area contributed by atoms with Crippen LogP contribution in [0.4, 0.5) is 0 Å². The Bertz CT molecular complexity index is 2200. The van der Waals surface area contributed by atoms with Gasteiger partial charge in [-0.2, -0.15) is 0 Å². The maximum Gasteiger partial charge on any atom is 0.312 e. The number of nitrogens with zero attached hydrogens (tertiary/aromatic N) is 3. The lowest BCUT2D eigenvalue weighted by Crippen LogP contribution is -2.46. The Labute approximate surface area is 349 Å². The molecule has 60 heavy (non-hydrogen) atoms. The van der Waals surface area contributed by atoms with Crippen molar-refractivity contribution >= 4 is 34.6 Å². The van der Waals surface area contributed by atoms with Gasteiger partial charge in [0.1, 0.15) is 28.7 Å². The molecule has 5 bridgehead atoms. The topological polar surface area (TPSA) is 228 Å². The molecular weight excluding hydrogens is 778 g/mol. The Morgan fingerprint density at radius 1 is 0.983 bits per heavy atom. The van der Waals surface area contributed by atoms with Crippen molar-refractivity contribution in [2.75, 3.05) is 33.3 Å². The number of fused-ring (bicyclic) bond motifs is 14. The second kappa shape index (κ2) is 18.7. The van der Waals surface area contributed by atoms with Gasteiger partial charge >= 0.3 is 11.8 Å². The number of methoxy groups -OCH3 is 1. The van der Waals surface area contributed by atoms with E-state index in [1.165, 1.54) is 53.2 Å². The molecule has 16 nitrogen and oxygen atoms in total. The van der Waals surface area contributed by atoms with Crippen LogP contribution in [0.15, 0.2) is 41.1 Å². The minimum atomic E-state index is -2.08. The van der Waals surface area contributed by atoms with Crippen LogP contribution in [0.1, 0.15) is 77.2 Å². The second-order valence-corrected chi connectivity index (χ2v) is 16.4. The van der Waals surface area contributed by atoms with Crippen molar-refractivity contribution < 1.29 is 64.1 Å². The number of hydrogen-bond donors (Lipinski definition) is 6. The van der Waals surface area contributed by atoms with Crippen molar-refractivity contribution in [2.45, 2.75) is 98.4 Å². The number of aromatic hydroxyl groups is 3. The van der Waals surface area contributed by atoms with Gasteiger partial charge < -0.3 is 49.4 Å². The first-order chi connectivity index (χ1) is 28.2. The number of phenols is 3. The summed E-state index contributed by atoms with van der Waals surface area (Å²) >= 11 is 0. The van der Waals surface area contributed by atoms with Gasteiger partial charge in [0.15, 0.2) is 5.75 Å². The summed E-state index contributed by atoms with van der Waals surface area (Å²) in [6.07, 6.45) is 6.46. The molecule has 2 aromatic carbocycles. The monoisotopic (exact) mass is 837 g/mol. The predicted octanol–water partition coefficient (Wildman–Crippen LogP) is 3.49. The molecule has 16 heteroatoms. The van der Waals surface area contributed by atoms with E-state index < -0.39 is 94.1 Å². The number of phenolic OH excluding ortho intramolecular Hbond substituents is 3. The van der Waals surface area contributed by atoms with Gasteiger partial charge in [0, 0.05) is 73.9 Å². The van der Waals surface area contributed by atoms with Gasteiger partial charge in [-0.15, -0.1) is 0 Å². The third-order valence-corrected chi connectivity index (χ3v) is 12.1. The second-order valence-electron chi connectivity index (χ2n) is 16.4. The van der Waals surface area contributed by atoms with E-state index in [4.69, 9.17) is 18.9 Å². The van der Waals surface area contributed by atoms with Crippen LogP contribution in [0, 0.1) is 30.6 Å². The zero-order chi connectivity index (χ0) is 44.4. The minimum absolute atomic E-state index is 0.0117. The smallest absolute Gasteiger partial charge is 0.312 e. The van der Waals surface area contributed by atoms with Gasteiger partial charge in [-0.3, -0.25) is 24.7 Å². The fraction of sp³-hybridized carbons (Fsp3) is 0.545. The summed E-state index contributed by atoms with van der Waals surface area (Å²) < 4.78 is 23.5. The number of aliphatic hydroxyl groups is 2. The van der Waals surface area contributed by atoms with E-state index in [-0.39, 0.29) is 45.0 Å². The van der Waals surface area contributed by atoms with Crippen LogP contribution in [-0.4, -0.2) is 122 Å². The number of likely N-dealkylation sites (tertiary alicyclic amines) is 1. The minimum Gasteiger partial charge on any atom is -0.507 e. The first-order valence-corrected chi connectivity index (χ1v) is 20.3. The number of ether oxygens (including phenoxy) is 4. The van der Waals surface area contributed by atoms with E-state index in [1.54, 1.807) is 39.8 Å². The van der Waals surface area contributed by atoms with Crippen molar-refractivity contribution in [3.63, 3.8) is 0 Å².